The summed E-state index contributed by atoms with van der Waals surface area (Å²) in [6.07, 6.45) is 3.72. The first-order chi connectivity index (χ1) is 16.4. The molecule has 0 radical (unpaired) electrons. The Hall–Kier alpha value is -2.04. The Bertz CT molecular complexity index is 1120. The number of carbonyl (C=O) groups is 1. The van der Waals surface area contributed by atoms with Crippen molar-refractivity contribution >= 4 is 88.3 Å². The number of halogens is 4. The molecule has 1 atom stereocenters. The number of benzene rings is 3. The highest BCUT2D eigenvalue weighted by Crippen LogP contribution is 2.29. The summed E-state index contributed by atoms with van der Waals surface area (Å²) in [5.41, 5.74) is 8.43. The number of nitrogens with zero attached hydrogens (tertiary/aromatic N) is 1. The predicted molar refractivity (Wildman–Crippen MR) is 160 cm³/mol. The monoisotopic (exact) mass is 728 g/mol. The van der Waals surface area contributed by atoms with E-state index in [0.717, 1.165) is 22.3 Å². The molecule has 3 N–H and O–H groups in total. The largest absolute Gasteiger partial charge is 0.427 e. The highest BCUT2D eigenvalue weighted by atomic mass is 79.9. The number of carbonyl (C=O) groups excluding carboxylic acids is 1. The number of allylic oxidation sites excluding steroid dienone is 2. The minimum absolute atomic E-state index is 0. The number of hydrogen-bond acceptors (Lipinski definition) is 5. The Kier molecular flexibility index (Phi) is 15.4. The van der Waals surface area contributed by atoms with Gasteiger partial charge in [-0.2, -0.15) is 0 Å². The zero-order valence-corrected chi connectivity index (χ0v) is 24.9. The molecule has 0 bridgehead atoms. The Morgan fingerprint density at radius 1 is 0.943 bits per heavy atom. The van der Waals surface area contributed by atoms with Crippen LogP contribution in [-0.2, 0) is 16.0 Å². The molecule has 5 nitrogen and oxygen atoms in total. The molecule has 35 heavy (non-hydrogen) atoms. The minimum atomic E-state index is -1.13. The van der Waals surface area contributed by atoms with Gasteiger partial charge in [0, 0.05) is 16.4 Å². The lowest BCUT2D eigenvalue weighted by atomic mass is 10.1. The van der Waals surface area contributed by atoms with Crippen molar-refractivity contribution in [3.05, 3.63) is 116 Å². The predicted octanol–water partition coefficient (Wildman–Crippen LogP) is 7.62. The number of aliphatic hydroxyl groups excluding tert-OH is 1. The van der Waals surface area contributed by atoms with E-state index in [4.69, 9.17) is 10.8 Å². The van der Waals surface area contributed by atoms with Crippen molar-refractivity contribution in [1.29, 1.82) is 0 Å². The van der Waals surface area contributed by atoms with Gasteiger partial charge in [0.1, 0.15) is 4.48 Å². The van der Waals surface area contributed by atoms with Gasteiger partial charge in [-0.05, 0) is 84.0 Å². The average Bonchev–Trinajstić information content (AvgIpc) is 3.09. The SMILES string of the molecule is Br.Br/C(C=Nc1ccccc1)=C\Cc1ccccc1.Nc1ccccc1.O=C1OC(O)C(Br)=C1Br. The van der Waals surface area contributed by atoms with Gasteiger partial charge >= 0.3 is 5.97 Å². The molecule has 3 aromatic rings. The molecule has 0 amide bonds. The molecule has 0 saturated carbocycles. The van der Waals surface area contributed by atoms with Gasteiger partial charge in [0.15, 0.2) is 0 Å². The van der Waals surface area contributed by atoms with Crippen LogP contribution in [-0.4, -0.2) is 23.6 Å². The number of ether oxygens (including phenoxy) is 1. The summed E-state index contributed by atoms with van der Waals surface area (Å²) >= 11 is 9.36. The number of nitrogens with two attached hydrogens (primary N) is 1. The summed E-state index contributed by atoms with van der Waals surface area (Å²) in [5.74, 6) is -0.547. The second kappa shape index (κ2) is 17.4. The van der Waals surface area contributed by atoms with Crippen molar-refractivity contribution in [3.63, 3.8) is 0 Å². The summed E-state index contributed by atoms with van der Waals surface area (Å²) in [6, 6.07) is 29.8. The van der Waals surface area contributed by atoms with Crippen molar-refractivity contribution in [2.75, 3.05) is 5.73 Å². The number of hydrogen-bond donors (Lipinski definition) is 2. The summed E-state index contributed by atoms with van der Waals surface area (Å²) in [4.78, 5) is 14.9. The lowest BCUT2D eigenvalue weighted by Gasteiger charge is -1.97. The fourth-order valence-corrected chi connectivity index (χ4v) is 3.21. The Morgan fingerprint density at radius 3 is 1.86 bits per heavy atom. The molecular weight excluding hydrogens is 708 g/mol. The van der Waals surface area contributed by atoms with Crippen LogP contribution in [0, 0.1) is 0 Å². The van der Waals surface area contributed by atoms with Gasteiger partial charge in [0.05, 0.1) is 10.2 Å². The Balaban J connectivity index is 0.000000300. The van der Waals surface area contributed by atoms with Gasteiger partial charge in [0.25, 0.3) is 0 Å². The third-order valence-corrected chi connectivity index (χ3v) is 6.69. The molecule has 0 saturated heterocycles. The van der Waals surface area contributed by atoms with Crippen LogP contribution >= 0.6 is 64.8 Å². The van der Waals surface area contributed by atoms with Gasteiger partial charge in [0.2, 0.25) is 6.29 Å². The van der Waals surface area contributed by atoms with Crippen LogP contribution in [0.3, 0.4) is 0 Å². The zero-order chi connectivity index (χ0) is 24.8. The van der Waals surface area contributed by atoms with E-state index < -0.39 is 12.3 Å². The van der Waals surface area contributed by atoms with E-state index in [-0.39, 0.29) is 21.5 Å². The quantitative estimate of drug-likeness (QED) is 0.164. The maximum absolute atomic E-state index is 10.5. The van der Waals surface area contributed by atoms with Crippen molar-refractivity contribution < 1.29 is 14.6 Å². The normalized spacial score (nSPS) is 14.8. The molecule has 0 spiro atoms. The Labute approximate surface area is 241 Å². The number of nitrogen functional groups attached to an aromatic ring is 1. The molecule has 3 aromatic carbocycles. The zero-order valence-electron chi connectivity index (χ0n) is 18.4. The average molecular weight is 732 g/mol. The molecule has 0 fully saturated rings. The number of esters is 1. The number of aliphatic imine (C=N–C) groups is 1. The second-order valence-corrected chi connectivity index (χ2v) is 9.27. The van der Waals surface area contributed by atoms with E-state index in [1.54, 1.807) is 0 Å². The first-order valence-electron chi connectivity index (χ1n) is 10.1. The standard InChI is InChI=1S/C16H14BrN.C6H7N.C4H2Br2O3.BrH/c17-15(12-11-14-7-3-1-4-8-14)13-18-16-9-5-2-6-10-16;7-6-4-2-1-3-5-6;5-1-2(6)4(8)9-3(1)7;/h1-10,12-13H,11H2;1-5H,7H2;3,7H;1H/b15-12-,18-13?;;;. The number of aliphatic hydroxyl groups is 1. The van der Waals surface area contributed by atoms with Crippen molar-refractivity contribution in [2.45, 2.75) is 12.7 Å². The molecular formula is C26H24Br4N2O3. The molecule has 1 heterocycles. The van der Waals surface area contributed by atoms with E-state index in [2.05, 4.69) is 87.9 Å². The summed E-state index contributed by atoms with van der Waals surface area (Å²) in [6.45, 7) is 0. The van der Waals surface area contributed by atoms with Crippen molar-refractivity contribution in [2.24, 2.45) is 4.99 Å². The van der Waals surface area contributed by atoms with E-state index in [1.807, 2.05) is 72.9 Å². The van der Waals surface area contributed by atoms with Crippen LogP contribution in [0.4, 0.5) is 11.4 Å². The molecule has 9 heteroatoms. The topological polar surface area (TPSA) is 84.9 Å². The molecule has 184 valence electrons. The number of anilines is 1. The first-order valence-corrected chi connectivity index (χ1v) is 12.5. The fourth-order valence-electron chi connectivity index (χ4n) is 2.40. The van der Waals surface area contributed by atoms with E-state index in [1.165, 1.54) is 5.56 Å². The summed E-state index contributed by atoms with van der Waals surface area (Å²) in [5, 5.41) is 8.76. The maximum atomic E-state index is 10.5. The van der Waals surface area contributed by atoms with Crippen LogP contribution in [0.5, 0.6) is 0 Å². The molecule has 4 rings (SSSR count). The van der Waals surface area contributed by atoms with Gasteiger partial charge in [-0.1, -0.05) is 72.8 Å². The Morgan fingerprint density at radius 2 is 1.46 bits per heavy atom. The fraction of sp³-hybridized carbons (Fsp3) is 0.0769. The van der Waals surface area contributed by atoms with Gasteiger partial charge in [-0.15, -0.1) is 17.0 Å². The number of cyclic esters (lactones) is 1. The van der Waals surface area contributed by atoms with Crippen molar-refractivity contribution in [3.8, 4) is 0 Å². The molecule has 0 aliphatic carbocycles. The van der Waals surface area contributed by atoms with Gasteiger partial charge < -0.3 is 15.6 Å². The van der Waals surface area contributed by atoms with Crippen molar-refractivity contribution in [1.82, 2.24) is 0 Å². The smallest absolute Gasteiger partial charge is 0.348 e. The highest BCUT2D eigenvalue weighted by Gasteiger charge is 2.29. The lowest BCUT2D eigenvalue weighted by Crippen LogP contribution is -2.06. The molecule has 0 aromatic heterocycles. The molecule has 1 aliphatic heterocycles. The second-order valence-electron chi connectivity index (χ2n) is 6.70. The lowest BCUT2D eigenvalue weighted by molar-refractivity contribution is -0.150. The van der Waals surface area contributed by atoms with E-state index >= 15 is 0 Å². The summed E-state index contributed by atoms with van der Waals surface area (Å²) < 4.78 is 5.92. The minimum Gasteiger partial charge on any atom is -0.427 e. The van der Waals surface area contributed by atoms with E-state index in [9.17, 15) is 4.79 Å². The van der Waals surface area contributed by atoms with Crippen LogP contribution in [0.1, 0.15) is 5.56 Å². The molecule has 1 unspecified atom stereocenters. The number of rotatable bonds is 4. The molecule has 1 aliphatic rings. The highest BCUT2D eigenvalue weighted by molar-refractivity contribution is 9.14. The summed E-state index contributed by atoms with van der Waals surface area (Å²) in [7, 11) is 0. The van der Waals surface area contributed by atoms with Crippen LogP contribution in [0.2, 0.25) is 0 Å². The van der Waals surface area contributed by atoms with E-state index in [0.29, 0.717) is 4.48 Å². The third kappa shape index (κ3) is 12.5. The van der Waals surface area contributed by atoms with Crippen LogP contribution < -0.4 is 5.73 Å². The first kappa shape index (κ1) is 31.0. The maximum Gasteiger partial charge on any atom is 0.348 e. The van der Waals surface area contributed by atoms with Gasteiger partial charge in [-0.3, -0.25) is 4.99 Å². The van der Waals surface area contributed by atoms with Crippen LogP contribution in [0.25, 0.3) is 0 Å². The number of para-hydroxylation sites is 2. The van der Waals surface area contributed by atoms with Crippen LogP contribution in [0.15, 0.2) is 116 Å². The third-order valence-electron chi connectivity index (χ3n) is 4.09. The van der Waals surface area contributed by atoms with Gasteiger partial charge in [-0.25, -0.2) is 4.79 Å².